The standard InChI is InChI=1S/C17H35N5O.HI/c1-16(2,3)21-12-11-19-15(18-4)20-13-17(9-7-8-10-17)14(23)22(5)6;/h21H,7-13H2,1-6H3,(H2,18,19,20);1H. The molecular formula is C17H36IN5O. The first kappa shape index (κ1) is 23.4. The Labute approximate surface area is 164 Å². The molecule has 0 spiro atoms. The van der Waals surface area contributed by atoms with Crippen molar-refractivity contribution in [1.82, 2.24) is 20.9 Å². The minimum absolute atomic E-state index is 0. The van der Waals surface area contributed by atoms with E-state index in [0.717, 1.165) is 44.7 Å². The Bertz CT molecular complexity index is 412. The number of hydrogen-bond acceptors (Lipinski definition) is 3. The van der Waals surface area contributed by atoms with E-state index < -0.39 is 0 Å². The molecule has 0 aromatic carbocycles. The average Bonchev–Trinajstić information content (AvgIpc) is 2.94. The quantitative estimate of drug-likeness (QED) is 0.248. The van der Waals surface area contributed by atoms with Crippen LogP contribution in [0.1, 0.15) is 46.5 Å². The van der Waals surface area contributed by atoms with Crippen LogP contribution in [-0.2, 0) is 4.79 Å². The number of carbonyl (C=O) groups excluding carboxylic acids is 1. The summed E-state index contributed by atoms with van der Waals surface area (Å²) >= 11 is 0. The highest BCUT2D eigenvalue weighted by Crippen LogP contribution is 2.38. The van der Waals surface area contributed by atoms with Crippen molar-refractivity contribution < 1.29 is 4.79 Å². The van der Waals surface area contributed by atoms with E-state index in [1.165, 1.54) is 0 Å². The molecule has 0 atom stereocenters. The number of aliphatic imine (C=N–C) groups is 1. The fourth-order valence-corrected chi connectivity index (χ4v) is 3.08. The van der Waals surface area contributed by atoms with Gasteiger partial charge >= 0.3 is 0 Å². The summed E-state index contributed by atoms with van der Waals surface area (Å²) < 4.78 is 0. The summed E-state index contributed by atoms with van der Waals surface area (Å²) in [4.78, 5) is 18.5. The largest absolute Gasteiger partial charge is 0.355 e. The third-order valence-electron chi connectivity index (χ3n) is 4.31. The molecule has 0 radical (unpaired) electrons. The summed E-state index contributed by atoms with van der Waals surface area (Å²) in [7, 11) is 5.45. The van der Waals surface area contributed by atoms with Gasteiger partial charge in [0.2, 0.25) is 5.91 Å². The Kier molecular flexibility index (Phi) is 10.2. The van der Waals surface area contributed by atoms with Gasteiger partial charge in [0.05, 0.1) is 5.41 Å². The molecule has 1 aliphatic rings. The normalized spacial score (nSPS) is 17.2. The Hall–Kier alpha value is -0.570. The van der Waals surface area contributed by atoms with Crippen LogP contribution >= 0.6 is 24.0 Å². The fourth-order valence-electron chi connectivity index (χ4n) is 3.08. The summed E-state index contributed by atoms with van der Waals surface area (Å²) in [5.74, 6) is 0.992. The molecule has 6 nitrogen and oxygen atoms in total. The van der Waals surface area contributed by atoms with Gasteiger partial charge in [-0.05, 0) is 33.6 Å². The lowest BCUT2D eigenvalue weighted by Crippen LogP contribution is -2.50. The zero-order chi connectivity index (χ0) is 17.5. The number of nitrogens with zero attached hydrogens (tertiary/aromatic N) is 2. The van der Waals surface area contributed by atoms with E-state index in [9.17, 15) is 4.79 Å². The first-order valence-electron chi connectivity index (χ1n) is 8.61. The van der Waals surface area contributed by atoms with Crippen LogP contribution in [0.2, 0.25) is 0 Å². The maximum Gasteiger partial charge on any atom is 0.230 e. The molecule has 0 heterocycles. The molecule has 0 aromatic rings. The molecule has 142 valence electrons. The van der Waals surface area contributed by atoms with Crippen molar-refractivity contribution in [2.45, 2.75) is 52.0 Å². The van der Waals surface area contributed by atoms with Crippen LogP contribution in [0.15, 0.2) is 4.99 Å². The predicted molar refractivity (Wildman–Crippen MR) is 112 cm³/mol. The van der Waals surface area contributed by atoms with E-state index >= 15 is 0 Å². The Morgan fingerprint density at radius 3 is 2.17 bits per heavy atom. The van der Waals surface area contributed by atoms with Gasteiger partial charge in [0.15, 0.2) is 5.96 Å². The molecule has 1 amide bonds. The summed E-state index contributed by atoms with van der Waals surface area (Å²) in [6, 6.07) is 0. The van der Waals surface area contributed by atoms with Gasteiger partial charge in [0, 0.05) is 46.3 Å². The van der Waals surface area contributed by atoms with E-state index in [2.05, 4.69) is 41.7 Å². The van der Waals surface area contributed by atoms with Gasteiger partial charge in [-0.15, -0.1) is 24.0 Å². The number of guanidine groups is 1. The van der Waals surface area contributed by atoms with Crippen molar-refractivity contribution in [3.63, 3.8) is 0 Å². The zero-order valence-corrected chi connectivity index (χ0v) is 18.5. The van der Waals surface area contributed by atoms with Gasteiger partial charge in [-0.2, -0.15) is 0 Å². The van der Waals surface area contributed by atoms with Crippen LogP contribution in [0.5, 0.6) is 0 Å². The molecule has 1 fully saturated rings. The smallest absolute Gasteiger partial charge is 0.230 e. The van der Waals surface area contributed by atoms with E-state index in [4.69, 9.17) is 0 Å². The van der Waals surface area contributed by atoms with E-state index in [-0.39, 0.29) is 40.8 Å². The van der Waals surface area contributed by atoms with Crippen molar-refractivity contribution in [2.24, 2.45) is 10.4 Å². The Balaban J connectivity index is 0.00000529. The topological polar surface area (TPSA) is 68.8 Å². The maximum absolute atomic E-state index is 12.6. The van der Waals surface area contributed by atoms with Gasteiger partial charge in [0.1, 0.15) is 0 Å². The minimum Gasteiger partial charge on any atom is -0.355 e. The molecule has 3 N–H and O–H groups in total. The van der Waals surface area contributed by atoms with Crippen LogP contribution in [0.4, 0.5) is 0 Å². The maximum atomic E-state index is 12.6. The lowest BCUT2D eigenvalue weighted by molar-refractivity contribution is -0.138. The average molecular weight is 453 g/mol. The highest BCUT2D eigenvalue weighted by molar-refractivity contribution is 14.0. The third-order valence-corrected chi connectivity index (χ3v) is 4.31. The number of amides is 1. The molecule has 1 saturated carbocycles. The lowest BCUT2D eigenvalue weighted by Gasteiger charge is -2.31. The summed E-state index contributed by atoms with van der Waals surface area (Å²) in [5.41, 5.74) is -0.157. The lowest BCUT2D eigenvalue weighted by atomic mass is 9.84. The van der Waals surface area contributed by atoms with E-state index in [0.29, 0.717) is 6.54 Å². The van der Waals surface area contributed by atoms with Crippen molar-refractivity contribution >= 4 is 35.8 Å². The number of halogens is 1. The molecule has 0 unspecified atom stereocenters. The number of rotatable bonds is 6. The van der Waals surface area contributed by atoms with Crippen LogP contribution < -0.4 is 16.0 Å². The van der Waals surface area contributed by atoms with Crippen molar-refractivity contribution in [2.75, 3.05) is 40.8 Å². The molecule has 24 heavy (non-hydrogen) atoms. The van der Waals surface area contributed by atoms with E-state index in [1.807, 2.05) is 14.1 Å². The van der Waals surface area contributed by atoms with Gasteiger partial charge in [0.25, 0.3) is 0 Å². The molecular weight excluding hydrogens is 417 g/mol. The highest BCUT2D eigenvalue weighted by atomic mass is 127. The second kappa shape index (κ2) is 10.4. The first-order chi connectivity index (χ1) is 10.7. The summed E-state index contributed by atoms with van der Waals surface area (Å²) in [6.07, 6.45) is 4.17. The number of nitrogens with one attached hydrogen (secondary N) is 3. The first-order valence-corrected chi connectivity index (χ1v) is 8.61. The molecule has 7 heteroatoms. The van der Waals surface area contributed by atoms with Gasteiger partial charge < -0.3 is 20.9 Å². The second-order valence-corrected chi connectivity index (χ2v) is 7.72. The molecule has 0 aromatic heterocycles. The van der Waals surface area contributed by atoms with Crippen LogP contribution in [0, 0.1) is 5.41 Å². The molecule has 0 aliphatic heterocycles. The van der Waals surface area contributed by atoms with Crippen LogP contribution in [0.3, 0.4) is 0 Å². The van der Waals surface area contributed by atoms with Crippen molar-refractivity contribution in [3.05, 3.63) is 0 Å². The highest BCUT2D eigenvalue weighted by Gasteiger charge is 2.42. The Morgan fingerprint density at radius 2 is 1.71 bits per heavy atom. The second-order valence-electron chi connectivity index (χ2n) is 7.72. The van der Waals surface area contributed by atoms with Crippen molar-refractivity contribution in [1.29, 1.82) is 0 Å². The molecule has 0 saturated heterocycles. The van der Waals surface area contributed by atoms with Crippen LogP contribution in [-0.4, -0.2) is 63.1 Å². The number of hydrogen-bond donors (Lipinski definition) is 3. The van der Waals surface area contributed by atoms with Gasteiger partial charge in [-0.3, -0.25) is 9.79 Å². The van der Waals surface area contributed by atoms with Crippen LogP contribution in [0.25, 0.3) is 0 Å². The summed E-state index contributed by atoms with van der Waals surface area (Å²) in [6.45, 7) is 8.76. The monoisotopic (exact) mass is 453 g/mol. The number of carbonyl (C=O) groups is 1. The Morgan fingerprint density at radius 1 is 1.12 bits per heavy atom. The van der Waals surface area contributed by atoms with Gasteiger partial charge in [-0.1, -0.05) is 12.8 Å². The van der Waals surface area contributed by atoms with Gasteiger partial charge in [-0.25, -0.2) is 0 Å². The fraction of sp³-hybridized carbons (Fsp3) is 0.882. The molecule has 0 bridgehead atoms. The SMILES string of the molecule is CN=C(NCCNC(C)(C)C)NCC1(C(=O)N(C)C)CCCC1.I. The van der Waals surface area contributed by atoms with Crippen molar-refractivity contribution in [3.8, 4) is 0 Å². The third kappa shape index (κ3) is 7.55. The van der Waals surface area contributed by atoms with E-state index in [1.54, 1.807) is 11.9 Å². The zero-order valence-electron chi connectivity index (χ0n) is 16.2. The minimum atomic E-state index is -0.273. The molecule has 1 rings (SSSR count). The summed E-state index contributed by atoms with van der Waals surface area (Å²) in [5, 5.41) is 10.1. The predicted octanol–water partition coefficient (Wildman–Crippen LogP) is 1.81. The molecule has 1 aliphatic carbocycles.